The molecule has 158 valence electrons. The molecule has 0 bridgehead atoms. The number of benzene rings is 1. The smallest absolute Gasteiger partial charge is 0.229 e. The van der Waals surface area contributed by atoms with Crippen LogP contribution in [0.15, 0.2) is 102 Å². The van der Waals surface area contributed by atoms with Crippen LogP contribution in [0.2, 0.25) is 0 Å². The van der Waals surface area contributed by atoms with Crippen LogP contribution in [0, 0.1) is 0 Å². The minimum Gasteiger partial charge on any atom is -0.420 e. The van der Waals surface area contributed by atoms with Gasteiger partial charge < -0.3 is 15.1 Å². The van der Waals surface area contributed by atoms with Crippen molar-refractivity contribution in [1.82, 2.24) is 10.3 Å². The number of anilines is 1. The molecule has 4 rings (SSSR count). The second-order valence-corrected chi connectivity index (χ2v) is 7.05. The van der Waals surface area contributed by atoms with Crippen LogP contribution in [-0.2, 0) is 4.79 Å². The molecule has 1 aromatic heterocycles. The van der Waals surface area contributed by atoms with Gasteiger partial charge in [0.25, 0.3) is 0 Å². The Morgan fingerprint density at radius 2 is 2.06 bits per heavy atom. The van der Waals surface area contributed by atoms with Gasteiger partial charge in [-0.1, -0.05) is 67.8 Å². The van der Waals surface area contributed by atoms with E-state index < -0.39 is 5.54 Å². The Bertz CT molecular complexity index is 1050. The molecule has 5 nitrogen and oxygen atoms in total. The average molecular weight is 414 g/mol. The van der Waals surface area contributed by atoms with Gasteiger partial charge in [0.05, 0.1) is 0 Å². The van der Waals surface area contributed by atoms with E-state index in [4.69, 9.17) is 4.42 Å². The largest absolute Gasteiger partial charge is 0.420 e. The number of hydrogen-bond donors (Lipinski definition) is 2. The predicted molar refractivity (Wildman–Crippen MR) is 127 cm³/mol. The third kappa shape index (κ3) is 5.20. The Kier molecular flexibility index (Phi) is 7.22. The Balaban J connectivity index is 0.000000196. The highest BCUT2D eigenvalue weighted by Gasteiger charge is 2.22. The fraction of sp³-hybridized carbons (Fsp3) is 0.154. The minimum atomic E-state index is -0.730. The standard InChI is InChI=1S/C16H16N2O.C10H11NO/c1-17-16-14(12-8-4-2-5-9-12)18-15(19-16)13-10-6-3-7-11-13;1-3-9-5-6-10(4-2,8-12)11-7-9/h2-4,6-8,10-11,17H,5,9H2,1H3;3-8,11H,1-2H2. The van der Waals surface area contributed by atoms with Gasteiger partial charge in [-0.25, -0.2) is 4.98 Å². The van der Waals surface area contributed by atoms with E-state index in [0.717, 1.165) is 41.8 Å². The fourth-order valence-electron chi connectivity index (χ4n) is 3.13. The van der Waals surface area contributed by atoms with Crippen LogP contribution in [0.1, 0.15) is 18.5 Å². The lowest BCUT2D eigenvalue weighted by Crippen LogP contribution is -2.41. The van der Waals surface area contributed by atoms with Gasteiger partial charge in [0.2, 0.25) is 11.8 Å². The molecule has 1 aromatic carbocycles. The number of rotatable bonds is 6. The minimum absolute atomic E-state index is 0.662. The molecule has 1 aliphatic carbocycles. The Labute approximate surface area is 183 Å². The highest BCUT2D eigenvalue weighted by atomic mass is 16.4. The summed E-state index contributed by atoms with van der Waals surface area (Å²) in [6.07, 6.45) is 17.8. The molecule has 5 heteroatoms. The summed E-state index contributed by atoms with van der Waals surface area (Å²) >= 11 is 0. The Hall–Kier alpha value is -3.86. The third-order valence-corrected chi connectivity index (χ3v) is 5.00. The van der Waals surface area contributed by atoms with Crippen molar-refractivity contribution in [2.75, 3.05) is 12.4 Å². The summed E-state index contributed by atoms with van der Waals surface area (Å²) in [7, 11) is 1.86. The summed E-state index contributed by atoms with van der Waals surface area (Å²) < 4.78 is 5.82. The van der Waals surface area contributed by atoms with Crippen molar-refractivity contribution in [3.63, 3.8) is 0 Å². The number of nitrogens with zero attached hydrogens (tertiary/aromatic N) is 1. The van der Waals surface area contributed by atoms with Gasteiger partial charge in [-0.05, 0) is 42.2 Å². The molecule has 1 atom stereocenters. The molecule has 0 fully saturated rings. The zero-order valence-corrected chi connectivity index (χ0v) is 17.7. The lowest BCUT2D eigenvalue weighted by molar-refractivity contribution is -0.110. The zero-order valence-electron chi connectivity index (χ0n) is 17.7. The fourth-order valence-corrected chi connectivity index (χ4v) is 3.13. The van der Waals surface area contributed by atoms with Gasteiger partial charge >= 0.3 is 0 Å². The van der Waals surface area contributed by atoms with Crippen molar-refractivity contribution in [2.24, 2.45) is 0 Å². The second kappa shape index (κ2) is 10.3. The predicted octanol–water partition coefficient (Wildman–Crippen LogP) is 5.46. The van der Waals surface area contributed by atoms with Gasteiger partial charge in [0, 0.05) is 18.8 Å². The van der Waals surface area contributed by atoms with E-state index in [-0.39, 0.29) is 0 Å². The van der Waals surface area contributed by atoms with Crippen LogP contribution in [0.5, 0.6) is 0 Å². The first kappa shape index (κ1) is 21.8. The van der Waals surface area contributed by atoms with Crippen molar-refractivity contribution in [2.45, 2.75) is 18.4 Å². The van der Waals surface area contributed by atoms with E-state index >= 15 is 0 Å². The lowest BCUT2D eigenvalue weighted by atomic mass is 9.97. The maximum Gasteiger partial charge on any atom is 0.229 e. The van der Waals surface area contributed by atoms with Crippen molar-refractivity contribution in [3.8, 4) is 11.5 Å². The number of hydrogen-bond acceptors (Lipinski definition) is 5. The summed E-state index contributed by atoms with van der Waals surface area (Å²) in [4.78, 5) is 15.3. The molecule has 31 heavy (non-hydrogen) atoms. The van der Waals surface area contributed by atoms with Crippen LogP contribution in [-0.4, -0.2) is 23.9 Å². The maximum absolute atomic E-state index is 10.7. The molecule has 0 amide bonds. The number of oxazole rings is 1. The molecule has 2 aliphatic rings. The van der Waals surface area contributed by atoms with Crippen LogP contribution < -0.4 is 10.6 Å². The third-order valence-electron chi connectivity index (χ3n) is 5.00. The van der Waals surface area contributed by atoms with E-state index in [1.165, 1.54) is 5.57 Å². The molecule has 2 heterocycles. The molecule has 0 saturated heterocycles. The molecule has 2 N–H and O–H groups in total. The van der Waals surface area contributed by atoms with Crippen LogP contribution >= 0.6 is 0 Å². The monoisotopic (exact) mass is 413 g/mol. The molecule has 2 aromatic rings. The summed E-state index contributed by atoms with van der Waals surface area (Å²) in [5, 5.41) is 6.02. The van der Waals surface area contributed by atoms with E-state index in [9.17, 15) is 4.79 Å². The normalized spacial score (nSPS) is 19.1. The van der Waals surface area contributed by atoms with Gasteiger partial charge in [-0.15, -0.1) is 0 Å². The SMILES string of the molecule is C=CC1=CNC(C=C)(C=O)C=C1.CNc1oc(-c2ccccc2)nc1C1=CC=CCC1. The van der Waals surface area contributed by atoms with Gasteiger partial charge in [-0.2, -0.15) is 0 Å². The van der Waals surface area contributed by atoms with Crippen molar-refractivity contribution >= 4 is 17.7 Å². The topological polar surface area (TPSA) is 67.2 Å². The van der Waals surface area contributed by atoms with E-state index in [0.29, 0.717) is 5.89 Å². The zero-order chi connectivity index (χ0) is 22.1. The number of carbonyl (C=O) groups is 1. The molecule has 0 spiro atoms. The van der Waals surface area contributed by atoms with Crippen molar-refractivity contribution in [1.29, 1.82) is 0 Å². The van der Waals surface area contributed by atoms with Crippen molar-refractivity contribution in [3.05, 3.63) is 103 Å². The number of aromatic nitrogens is 1. The highest BCUT2D eigenvalue weighted by Crippen LogP contribution is 2.32. The summed E-state index contributed by atoms with van der Waals surface area (Å²) in [5.74, 6) is 1.40. The first-order valence-electron chi connectivity index (χ1n) is 10.1. The molecule has 0 radical (unpaired) electrons. The molecular formula is C26H27N3O2. The summed E-state index contributed by atoms with van der Waals surface area (Å²) in [5.41, 5.74) is 3.36. The molecule has 1 unspecified atom stereocenters. The summed E-state index contributed by atoms with van der Waals surface area (Å²) in [6, 6.07) is 9.97. The van der Waals surface area contributed by atoms with Crippen LogP contribution in [0.4, 0.5) is 5.88 Å². The van der Waals surface area contributed by atoms with E-state index in [1.54, 1.807) is 24.4 Å². The highest BCUT2D eigenvalue weighted by molar-refractivity contribution is 5.75. The quantitative estimate of drug-likeness (QED) is 0.486. The Morgan fingerprint density at radius 1 is 1.26 bits per heavy atom. The molecule has 1 aliphatic heterocycles. The van der Waals surface area contributed by atoms with E-state index in [1.807, 2.05) is 43.5 Å². The number of allylic oxidation sites excluding steroid dienone is 7. The average Bonchev–Trinajstić information content (AvgIpc) is 3.30. The molecule has 0 saturated carbocycles. The Morgan fingerprint density at radius 3 is 2.61 bits per heavy atom. The van der Waals surface area contributed by atoms with Gasteiger partial charge in [0.1, 0.15) is 11.2 Å². The lowest BCUT2D eigenvalue weighted by Gasteiger charge is -2.23. The number of nitrogens with one attached hydrogen (secondary N) is 2. The number of carbonyl (C=O) groups excluding carboxylic acids is 1. The maximum atomic E-state index is 10.7. The van der Waals surface area contributed by atoms with E-state index in [2.05, 4.69) is 47.0 Å². The number of dihydropyridines is 1. The van der Waals surface area contributed by atoms with Crippen molar-refractivity contribution < 1.29 is 9.21 Å². The molecular weight excluding hydrogens is 386 g/mol. The summed E-state index contributed by atoms with van der Waals surface area (Å²) in [6.45, 7) is 7.19. The first-order chi connectivity index (χ1) is 15.1. The first-order valence-corrected chi connectivity index (χ1v) is 10.1. The number of aldehydes is 1. The van der Waals surface area contributed by atoms with Gasteiger partial charge in [-0.3, -0.25) is 4.79 Å². The van der Waals surface area contributed by atoms with Crippen LogP contribution in [0.25, 0.3) is 17.0 Å². The van der Waals surface area contributed by atoms with Gasteiger partial charge in [0.15, 0.2) is 6.29 Å². The van der Waals surface area contributed by atoms with Crippen LogP contribution in [0.3, 0.4) is 0 Å². The second-order valence-electron chi connectivity index (χ2n) is 7.05.